The fraction of sp³-hybridized carbons (Fsp3) is 0.262. The van der Waals surface area contributed by atoms with E-state index in [1.165, 1.54) is 28.0 Å². The summed E-state index contributed by atoms with van der Waals surface area (Å²) in [6.07, 6.45) is 13.1. The highest BCUT2D eigenvalue weighted by Gasteiger charge is 2.43. The Kier molecular flexibility index (Phi) is 6.56. The number of likely N-dealkylation sites (N-methyl/N-ethyl adjacent to an activating group) is 1. The molecule has 4 heterocycles. The first-order chi connectivity index (χ1) is 22.6. The first kappa shape index (κ1) is 29.4. The van der Waals surface area contributed by atoms with Crippen LogP contribution >= 0.6 is 0 Å². The van der Waals surface area contributed by atoms with Crippen molar-refractivity contribution in [1.29, 1.82) is 0 Å². The Morgan fingerprint density at radius 3 is 1.87 bits per heavy atom. The van der Waals surface area contributed by atoms with Crippen LogP contribution in [0.5, 0.6) is 0 Å². The van der Waals surface area contributed by atoms with Gasteiger partial charge in [0.1, 0.15) is 5.82 Å². The van der Waals surface area contributed by atoms with E-state index in [9.17, 15) is 0 Å². The summed E-state index contributed by atoms with van der Waals surface area (Å²) in [7, 11) is 2.05. The minimum absolute atomic E-state index is 0.0219. The van der Waals surface area contributed by atoms with E-state index in [1.807, 2.05) is 20.2 Å². The number of ketones is 1. The van der Waals surface area contributed by atoms with Crippen LogP contribution in [0, 0.1) is 0 Å². The number of nitrogens with zero attached hydrogens (tertiary/aromatic N) is 3. The molecule has 0 aromatic heterocycles. The van der Waals surface area contributed by atoms with Gasteiger partial charge in [0.2, 0.25) is 0 Å². The fourth-order valence-electron chi connectivity index (χ4n) is 8.32. The van der Waals surface area contributed by atoms with Gasteiger partial charge < -0.3 is 20.0 Å². The smallest absolute Gasteiger partial charge is 0.196 e. The summed E-state index contributed by atoms with van der Waals surface area (Å²) in [5, 5.41) is 3.58. The van der Waals surface area contributed by atoms with Crippen LogP contribution in [-0.2, 0) is 15.6 Å². The number of fused-ring (bicyclic) bond motifs is 4. The maximum Gasteiger partial charge on any atom is 0.196 e. The van der Waals surface area contributed by atoms with Gasteiger partial charge in [0.25, 0.3) is 0 Å². The van der Waals surface area contributed by atoms with E-state index in [4.69, 9.17) is 0 Å². The van der Waals surface area contributed by atoms with Gasteiger partial charge in [-0.15, -0.1) is 0 Å². The zero-order valence-corrected chi connectivity index (χ0v) is 28.2. The van der Waals surface area contributed by atoms with Crippen LogP contribution in [0.3, 0.4) is 0 Å². The molecule has 0 atom stereocenters. The second-order valence-electron chi connectivity index (χ2n) is 14.3. The molecule has 0 saturated carbocycles. The Balaban J connectivity index is 1.32. The number of hydrogen-bond donors (Lipinski definition) is 1. The molecular weight excluding hydrogens is 576 g/mol. The van der Waals surface area contributed by atoms with Gasteiger partial charge in [-0.05, 0) is 72.4 Å². The molecule has 4 aliphatic heterocycles. The van der Waals surface area contributed by atoms with Crippen molar-refractivity contribution in [2.45, 2.75) is 58.3 Å². The summed E-state index contributed by atoms with van der Waals surface area (Å²) in [5.74, 6) is 0.841. The van der Waals surface area contributed by atoms with Gasteiger partial charge in [0, 0.05) is 41.9 Å². The molecule has 8 rings (SSSR count). The predicted molar refractivity (Wildman–Crippen MR) is 192 cm³/mol. The van der Waals surface area contributed by atoms with Crippen molar-refractivity contribution in [3.63, 3.8) is 0 Å². The van der Waals surface area contributed by atoms with E-state index in [0.717, 1.165) is 52.7 Å². The highest BCUT2D eigenvalue weighted by molar-refractivity contribution is 6.14. The van der Waals surface area contributed by atoms with Crippen LogP contribution < -0.4 is 15.1 Å². The third-order valence-corrected chi connectivity index (χ3v) is 10.8. The van der Waals surface area contributed by atoms with E-state index in [1.54, 1.807) is 0 Å². The average molecular weight is 619 g/mol. The second kappa shape index (κ2) is 10.5. The standard InChI is InChI=1S/C42H42N4O/c1-27-32(45-33-19-11-7-15-28(33)41(2,3)29-16-8-12-20-34(29)45)23-25-43-40-38(39(27)47)37(24-26-44(40)6)46-35-21-13-9-17-30(35)42(4,5)31-18-10-14-22-36(31)46/h7,9-11,13-25,43H,8,12,26H2,1-6H3/b25-23-,32-27-. The van der Waals surface area contributed by atoms with E-state index >= 15 is 4.79 Å². The minimum atomic E-state index is -0.184. The third-order valence-electron chi connectivity index (χ3n) is 10.8. The fourth-order valence-corrected chi connectivity index (χ4v) is 8.32. The van der Waals surface area contributed by atoms with Gasteiger partial charge in [-0.25, -0.2) is 0 Å². The Bertz CT molecular complexity index is 2000. The van der Waals surface area contributed by atoms with Crippen molar-refractivity contribution in [3.05, 3.63) is 160 Å². The number of benzene rings is 3. The van der Waals surface area contributed by atoms with Gasteiger partial charge >= 0.3 is 0 Å². The summed E-state index contributed by atoms with van der Waals surface area (Å²) < 4.78 is 0. The molecule has 3 aromatic rings. The zero-order chi connectivity index (χ0) is 32.7. The van der Waals surface area contributed by atoms with E-state index in [-0.39, 0.29) is 16.6 Å². The maximum atomic E-state index is 15.2. The van der Waals surface area contributed by atoms with Crippen molar-refractivity contribution in [2.24, 2.45) is 0 Å². The van der Waals surface area contributed by atoms with Crippen molar-refractivity contribution in [3.8, 4) is 0 Å². The van der Waals surface area contributed by atoms with Crippen LogP contribution in [0.15, 0.2) is 143 Å². The van der Waals surface area contributed by atoms with E-state index < -0.39 is 0 Å². The van der Waals surface area contributed by atoms with Gasteiger partial charge in [-0.2, -0.15) is 0 Å². The van der Waals surface area contributed by atoms with Crippen molar-refractivity contribution < 1.29 is 4.79 Å². The van der Waals surface area contributed by atoms with Crippen LogP contribution in [-0.4, -0.2) is 24.3 Å². The minimum Gasteiger partial charge on any atom is -0.357 e. The van der Waals surface area contributed by atoms with Crippen LogP contribution in [0.2, 0.25) is 0 Å². The molecule has 5 heteroatoms. The van der Waals surface area contributed by atoms with Crippen molar-refractivity contribution in [2.75, 3.05) is 23.4 Å². The van der Waals surface area contributed by atoms with Gasteiger partial charge in [-0.3, -0.25) is 4.79 Å². The first-order valence-corrected chi connectivity index (χ1v) is 16.8. The molecule has 0 unspecified atom stereocenters. The van der Waals surface area contributed by atoms with Gasteiger partial charge in [-0.1, -0.05) is 94.4 Å². The summed E-state index contributed by atoms with van der Waals surface area (Å²) in [5.41, 5.74) is 12.5. The molecule has 5 nitrogen and oxygen atoms in total. The maximum absolute atomic E-state index is 15.2. The molecule has 0 bridgehead atoms. The molecule has 5 aliphatic rings. The number of hydrogen-bond acceptors (Lipinski definition) is 5. The van der Waals surface area contributed by atoms with Crippen molar-refractivity contribution in [1.82, 2.24) is 10.2 Å². The lowest BCUT2D eigenvalue weighted by atomic mass is 9.70. The molecule has 0 fully saturated rings. The molecular formula is C42H42N4O. The summed E-state index contributed by atoms with van der Waals surface area (Å²) >= 11 is 0. The van der Waals surface area contributed by atoms with Crippen molar-refractivity contribution >= 4 is 22.8 Å². The highest BCUT2D eigenvalue weighted by atomic mass is 16.1. The van der Waals surface area contributed by atoms with Gasteiger partial charge in [0.05, 0.1) is 34.0 Å². The molecule has 1 N–H and O–H groups in total. The van der Waals surface area contributed by atoms with Crippen LogP contribution in [0.25, 0.3) is 0 Å². The van der Waals surface area contributed by atoms with E-state index in [0.29, 0.717) is 12.1 Å². The molecule has 0 saturated heterocycles. The number of anilines is 3. The Labute approximate surface area is 278 Å². The molecule has 0 spiro atoms. The number of para-hydroxylation sites is 3. The summed E-state index contributed by atoms with van der Waals surface area (Å²) in [4.78, 5) is 22.0. The predicted octanol–water partition coefficient (Wildman–Crippen LogP) is 8.87. The largest absolute Gasteiger partial charge is 0.357 e. The normalized spacial score (nSPS) is 23.1. The second-order valence-corrected chi connectivity index (χ2v) is 14.3. The number of rotatable bonds is 2. The molecule has 1 aliphatic carbocycles. The highest BCUT2D eigenvalue weighted by Crippen LogP contribution is 2.53. The number of carbonyl (C=O) groups excluding carboxylic acids is 1. The van der Waals surface area contributed by atoms with Crippen LogP contribution in [0.1, 0.15) is 64.2 Å². The van der Waals surface area contributed by atoms with Gasteiger partial charge in [0.15, 0.2) is 5.78 Å². The molecule has 47 heavy (non-hydrogen) atoms. The Hall–Kier alpha value is -5.03. The quantitative estimate of drug-likeness (QED) is 0.311. The third kappa shape index (κ3) is 4.18. The topological polar surface area (TPSA) is 38.8 Å². The van der Waals surface area contributed by atoms with Crippen LogP contribution in [0.4, 0.5) is 17.1 Å². The zero-order valence-electron chi connectivity index (χ0n) is 28.2. The first-order valence-electron chi connectivity index (χ1n) is 16.8. The SMILES string of the molecule is C/C1=C(N2C3=CCCC=C3C(C)(C)c3ccccc32)\C=C/NC2=C(C1=O)C(N1c3ccccc3C(C)(C)c3ccccc31)=CCN2C. The molecule has 236 valence electrons. The Morgan fingerprint density at radius 2 is 1.23 bits per heavy atom. The Morgan fingerprint density at radius 1 is 0.681 bits per heavy atom. The number of carbonyl (C=O) groups is 1. The monoisotopic (exact) mass is 618 g/mol. The number of nitrogens with one attached hydrogen (secondary N) is 1. The molecule has 3 aromatic carbocycles. The summed E-state index contributed by atoms with van der Waals surface area (Å²) in [6.45, 7) is 11.9. The van der Waals surface area contributed by atoms with E-state index in [2.05, 4.69) is 145 Å². The number of allylic oxidation sites excluding steroid dienone is 6. The lowest BCUT2D eigenvalue weighted by molar-refractivity contribution is -0.112. The number of Topliss-reactive ketones (excluding diaryl/α,β-unsaturated/α-hetero) is 1. The molecule has 0 amide bonds. The average Bonchev–Trinajstić information content (AvgIpc) is 3.08. The summed E-state index contributed by atoms with van der Waals surface area (Å²) in [6, 6.07) is 25.9. The lowest BCUT2D eigenvalue weighted by Crippen LogP contribution is -2.41. The molecule has 0 radical (unpaired) electrons. The lowest BCUT2D eigenvalue weighted by Gasteiger charge is -2.46.